The minimum Gasteiger partial charge on any atom is -0.478 e. The van der Waals surface area contributed by atoms with E-state index >= 15 is 0 Å². The Morgan fingerprint density at radius 1 is 1.30 bits per heavy atom. The monoisotopic (exact) mass is 289 g/mol. The molecular formula is C16H19NO2S. The van der Waals surface area contributed by atoms with Crippen molar-refractivity contribution in [3.05, 3.63) is 57.8 Å². The van der Waals surface area contributed by atoms with Crippen molar-refractivity contribution in [3.63, 3.8) is 0 Å². The zero-order chi connectivity index (χ0) is 14.5. The summed E-state index contributed by atoms with van der Waals surface area (Å²) in [6, 6.07) is 12.3. The van der Waals surface area contributed by atoms with Gasteiger partial charge in [0.2, 0.25) is 0 Å². The number of carboxylic acid groups (broad SMARTS) is 1. The number of hydrogen-bond donors (Lipinski definition) is 2. The van der Waals surface area contributed by atoms with Gasteiger partial charge in [0.05, 0.1) is 5.56 Å². The summed E-state index contributed by atoms with van der Waals surface area (Å²) in [7, 11) is 0. The SMILES string of the molecule is CC(C)C(NCc1cc(C(=O)O)cs1)c1ccccc1. The van der Waals surface area contributed by atoms with Gasteiger partial charge in [-0.1, -0.05) is 44.2 Å². The lowest BCUT2D eigenvalue weighted by molar-refractivity contribution is 0.0697. The molecule has 1 aromatic carbocycles. The summed E-state index contributed by atoms with van der Waals surface area (Å²) in [6.45, 7) is 5.05. The van der Waals surface area contributed by atoms with Crippen molar-refractivity contribution in [1.29, 1.82) is 0 Å². The molecule has 0 radical (unpaired) electrons. The lowest BCUT2D eigenvalue weighted by atomic mass is 9.96. The van der Waals surface area contributed by atoms with Crippen molar-refractivity contribution >= 4 is 17.3 Å². The third kappa shape index (κ3) is 3.68. The first-order chi connectivity index (χ1) is 9.58. The van der Waals surface area contributed by atoms with Crippen LogP contribution < -0.4 is 5.32 Å². The zero-order valence-electron chi connectivity index (χ0n) is 11.7. The first kappa shape index (κ1) is 14.8. The largest absolute Gasteiger partial charge is 0.478 e. The summed E-state index contributed by atoms with van der Waals surface area (Å²) in [5.74, 6) is -0.396. The second-order valence-electron chi connectivity index (χ2n) is 5.12. The molecule has 0 spiro atoms. The molecule has 0 bridgehead atoms. The molecule has 0 saturated carbocycles. The second-order valence-corrected chi connectivity index (χ2v) is 6.12. The molecule has 1 aromatic heterocycles. The Morgan fingerprint density at radius 2 is 2.00 bits per heavy atom. The van der Waals surface area contributed by atoms with Gasteiger partial charge in [0.1, 0.15) is 0 Å². The van der Waals surface area contributed by atoms with Crippen LogP contribution in [0.25, 0.3) is 0 Å². The fourth-order valence-electron chi connectivity index (χ4n) is 2.19. The predicted molar refractivity (Wildman–Crippen MR) is 82.1 cm³/mol. The van der Waals surface area contributed by atoms with E-state index in [0.717, 1.165) is 4.88 Å². The van der Waals surface area contributed by atoms with Gasteiger partial charge in [-0.25, -0.2) is 4.79 Å². The van der Waals surface area contributed by atoms with Gasteiger partial charge in [0.25, 0.3) is 0 Å². The molecule has 1 atom stereocenters. The average molecular weight is 289 g/mol. The molecule has 0 amide bonds. The topological polar surface area (TPSA) is 49.3 Å². The fraction of sp³-hybridized carbons (Fsp3) is 0.312. The van der Waals surface area contributed by atoms with E-state index in [1.807, 2.05) is 18.2 Å². The van der Waals surface area contributed by atoms with Crippen LogP contribution in [0.3, 0.4) is 0 Å². The number of carbonyl (C=O) groups is 1. The summed E-state index contributed by atoms with van der Waals surface area (Å²) in [5.41, 5.74) is 1.63. The molecule has 4 heteroatoms. The van der Waals surface area contributed by atoms with Gasteiger partial charge in [-0.3, -0.25) is 0 Å². The highest BCUT2D eigenvalue weighted by Crippen LogP contribution is 2.23. The van der Waals surface area contributed by atoms with E-state index in [4.69, 9.17) is 5.11 Å². The summed E-state index contributed by atoms with van der Waals surface area (Å²) in [6.07, 6.45) is 0. The molecule has 0 saturated heterocycles. The molecule has 2 rings (SSSR count). The van der Waals surface area contributed by atoms with Crippen LogP contribution in [0.5, 0.6) is 0 Å². The van der Waals surface area contributed by atoms with Gasteiger partial charge >= 0.3 is 5.97 Å². The normalized spacial score (nSPS) is 12.6. The molecule has 3 nitrogen and oxygen atoms in total. The average Bonchev–Trinajstić information content (AvgIpc) is 2.89. The molecule has 0 fully saturated rings. The highest BCUT2D eigenvalue weighted by molar-refractivity contribution is 7.10. The molecular weight excluding hydrogens is 270 g/mol. The van der Waals surface area contributed by atoms with Gasteiger partial charge in [-0.2, -0.15) is 0 Å². The van der Waals surface area contributed by atoms with Crippen LogP contribution in [-0.4, -0.2) is 11.1 Å². The molecule has 0 aliphatic heterocycles. The van der Waals surface area contributed by atoms with E-state index in [1.165, 1.54) is 16.9 Å². The maximum Gasteiger partial charge on any atom is 0.336 e. The van der Waals surface area contributed by atoms with E-state index in [-0.39, 0.29) is 6.04 Å². The maximum absolute atomic E-state index is 10.9. The van der Waals surface area contributed by atoms with Crippen molar-refractivity contribution in [3.8, 4) is 0 Å². The highest BCUT2D eigenvalue weighted by atomic mass is 32.1. The lowest BCUT2D eigenvalue weighted by Gasteiger charge is -2.22. The van der Waals surface area contributed by atoms with Gasteiger partial charge < -0.3 is 10.4 Å². The predicted octanol–water partition coefficient (Wildman–Crippen LogP) is 3.93. The van der Waals surface area contributed by atoms with E-state index < -0.39 is 5.97 Å². The first-order valence-corrected chi connectivity index (χ1v) is 7.55. The fourth-order valence-corrected chi connectivity index (χ4v) is 3.00. The Hall–Kier alpha value is -1.65. The summed E-state index contributed by atoms with van der Waals surface area (Å²) in [4.78, 5) is 11.9. The van der Waals surface area contributed by atoms with Crippen molar-refractivity contribution in [2.24, 2.45) is 5.92 Å². The molecule has 2 N–H and O–H groups in total. The minimum absolute atomic E-state index is 0.270. The van der Waals surface area contributed by atoms with Gasteiger partial charge in [0, 0.05) is 22.8 Å². The van der Waals surface area contributed by atoms with Crippen LogP contribution >= 0.6 is 11.3 Å². The Kier molecular flexibility index (Phi) is 4.93. The van der Waals surface area contributed by atoms with Gasteiger partial charge in [0.15, 0.2) is 0 Å². The quantitative estimate of drug-likeness (QED) is 0.847. The van der Waals surface area contributed by atoms with E-state index in [9.17, 15) is 4.79 Å². The van der Waals surface area contributed by atoms with E-state index in [2.05, 4.69) is 31.3 Å². The number of benzene rings is 1. The molecule has 20 heavy (non-hydrogen) atoms. The number of carboxylic acids is 1. The minimum atomic E-state index is -0.865. The molecule has 1 heterocycles. The van der Waals surface area contributed by atoms with Crippen LogP contribution in [-0.2, 0) is 6.54 Å². The van der Waals surface area contributed by atoms with E-state index in [0.29, 0.717) is 18.0 Å². The Labute approximate surface area is 123 Å². The van der Waals surface area contributed by atoms with Gasteiger partial charge in [-0.15, -0.1) is 11.3 Å². The van der Waals surface area contributed by atoms with Crippen LogP contribution in [0.1, 0.15) is 40.7 Å². The molecule has 0 aliphatic carbocycles. The molecule has 0 aliphatic rings. The number of aromatic carboxylic acids is 1. The Balaban J connectivity index is 2.04. The maximum atomic E-state index is 10.9. The highest BCUT2D eigenvalue weighted by Gasteiger charge is 2.15. The third-order valence-electron chi connectivity index (χ3n) is 3.22. The molecule has 2 aromatic rings. The van der Waals surface area contributed by atoms with Crippen LogP contribution in [0.4, 0.5) is 0 Å². The summed E-state index contributed by atoms with van der Waals surface area (Å²) < 4.78 is 0. The first-order valence-electron chi connectivity index (χ1n) is 6.67. The van der Waals surface area contributed by atoms with Crippen molar-refractivity contribution in [1.82, 2.24) is 5.32 Å². The third-order valence-corrected chi connectivity index (χ3v) is 4.16. The smallest absolute Gasteiger partial charge is 0.336 e. The molecule has 106 valence electrons. The van der Waals surface area contributed by atoms with E-state index in [1.54, 1.807) is 11.4 Å². The number of thiophene rings is 1. The lowest BCUT2D eigenvalue weighted by Crippen LogP contribution is -2.25. The summed E-state index contributed by atoms with van der Waals surface area (Å²) >= 11 is 1.48. The Bertz CT molecular complexity index is 563. The summed E-state index contributed by atoms with van der Waals surface area (Å²) in [5, 5.41) is 14.1. The van der Waals surface area contributed by atoms with Crippen molar-refractivity contribution in [2.75, 3.05) is 0 Å². The number of hydrogen-bond acceptors (Lipinski definition) is 3. The van der Waals surface area contributed by atoms with Crippen LogP contribution in [0.2, 0.25) is 0 Å². The number of nitrogens with one attached hydrogen (secondary N) is 1. The van der Waals surface area contributed by atoms with Crippen molar-refractivity contribution < 1.29 is 9.90 Å². The van der Waals surface area contributed by atoms with Crippen LogP contribution in [0.15, 0.2) is 41.8 Å². The standard InChI is InChI=1S/C16H19NO2S/c1-11(2)15(12-6-4-3-5-7-12)17-9-14-8-13(10-20-14)16(18)19/h3-8,10-11,15,17H,9H2,1-2H3,(H,18,19). The molecule has 1 unspecified atom stereocenters. The van der Waals surface area contributed by atoms with Crippen molar-refractivity contribution in [2.45, 2.75) is 26.4 Å². The Morgan fingerprint density at radius 3 is 2.55 bits per heavy atom. The second kappa shape index (κ2) is 6.68. The zero-order valence-corrected chi connectivity index (χ0v) is 12.5. The van der Waals surface area contributed by atoms with Crippen LogP contribution in [0, 0.1) is 5.92 Å². The van der Waals surface area contributed by atoms with Gasteiger partial charge in [-0.05, 0) is 17.5 Å². The number of rotatable bonds is 6.